The van der Waals surface area contributed by atoms with Crippen molar-refractivity contribution in [3.05, 3.63) is 0 Å². The molecule has 1 aliphatic heterocycles. The first-order chi connectivity index (χ1) is 9.58. The van der Waals surface area contributed by atoms with Crippen LogP contribution in [-0.2, 0) is 4.74 Å². The quantitative estimate of drug-likeness (QED) is 0.814. The Morgan fingerprint density at radius 3 is 3.05 bits per heavy atom. The van der Waals surface area contributed by atoms with Crippen molar-refractivity contribution < 1.29 is 18.3 Å². The van der Waals surface area contributed by atoms with Gasteiger partial charge in [0.1, 0.15) is 0 Å². The van der Waals surface area contributed by atoms with Gasteiger partial charge in [0, 0.05) is 17.3 Å². The van der Waals surface area contributed by atoms with Crippen molar-refractivity contribution >= 4 is 34.5 Å². The van der Waals surface area contributed by atoms with Gasteiger partial charge in [0.2, 0.25) is 10.3 Å². The van der Waals surface area contributed by atoms with E-state index in [0.29, 0.717) is 10.3 Å². The van der Waals surface area contributed by atoms with Gasteiger partial charge in [-0.3, -0.25) is 5.32 Å². The second-order valence-corrected chi connectivity index (χ2v) is 5.90. The summed E-state index contributed by atoms with van der Waals surface area (Å²) in [6, 6.07) is -0.373. The molecule has 0 radical (unpaired) electrons. The Morgan fingerprint density at radius 1 is 1.65 bits per heavy atom. The number of amides is 2. The molecule has 0 spiro atoms. The number of hydrogen-bond acceptors (Lipinski definition) is 6. The van der Waals surface area contributed by atoms with Crippen LogP contribution in [0.5, 0.6) is 0 Å². The van der Waals surface area contributed by atoms with Crippen LogP contribution >= 0.6 is 23.3 Å². The second-order valence-electron chi connectivity index (χ2n) is 4.08. The maximum absolute atomic E-state index is 11.9. The number of rotatable bonds is 6. The third kappa shape index (κ3) is 4.25. The number of carbonyl (C=O) groups is 1. The Labute approximate surface area is 123 Å². The standard InChI is InChI=1S/C10H14F2N4O2S2/c1-2-3-19-9-13-8(20-15-9)14-10(17)16-4-6(5-16)18-7(11)12/h6-7H,2-5H2,1H3,(H,13,14,15,17). The van der Waals surface area contributed by atoms with E-state index in [1.165, 1.54) is 16.7 Å². The molecule has 2 heterocycles. The number of thioether (sulfide) groups is 1. The number of carbonyl (C=O) groups excluding carboxylic acids is 1. The highest BCUT2D eigenvalue weighted by Crippen LogP contribution is 2.22. The fraction of sp³-hybridized carbons (Fsp3) is 0.700. The van der Waals surface area contributed by atoms with Crippen LogP contribution < -0.4 is 5.32 Å². The van der Waals surface area contributed by atoms with E-state index in [4.69, 9.17) is 0 Å². The van der Waals surface area contributed by atoms with Gasteiger partial charge >= 0.3 is 12.6 Å². The minimum Gasteiger partial charge on any atom is -0.319 e. The average molecular weight is 324 g/mol. The molecule has 1 saturated heterocycles. The summed E-state index contributed by atoms with van der Waals surface area (Å²) in [6.45, 7) is -0.422. The van der Waals surface area contributed by atoms with E-state index in [0.717, 1.165) is 23.7 Å². The topological polar surface area (TPSA) is 67.4 Å². The van der Waals surface area contributed by atoms with E-state index < -0.39 is 12.7 Å². The third-order valence-corrected chi connectivity index (χ3v) is 4.29. The first kappa shape index (κ1) is 15.4. The highest BCUT2D eigenvalue weighted by atomic mass is 32.2. The largest absolute Gasteiger partial charge is 0.345 e. The van der Waals surface area contributed by atoms with Crippen molar-refractivity contribution in [3.63, 3.8) is 0 Å². The molecule has 2 amide bonds. The van der Waals surface area contributed by atoms with Crippen LogP contribution in [0.2, 0.25) is 0 Å². The molecule has 112 valence electrons. The minimum atomic E-state index is -2.80. The van der Waals surface area contributed by atoms with E-state index >= 15 is 0 Å². The smallest absolute Gasteiger partial charge is 0.319 e. The van der Waals surface area contributed by atoms with E-state index in [-0.39, 0.29) is 19.1 Å². The zero-order chi connectivity index (χ0) is 14.5. The molecule has 1 fully saturated rings. The Morgan fingerprint density at radius 2 is 2.40 bits per heavy atom. The first-order valence-electron chi connectivity index (χ1n) is 6.04. The van der Waals surface area contributed by atoms with Gasteiger partial charge in [0.25, 0.3) is 0 Å². The number of nitrogens with zero attached hydrogens (tertiary/aromatic N) is 3. The molecule has 10 heteroatoms. The van der Waals surface area contributed by atoms with Crippen LogP contribution in [0.1, 0.15) is 13.3 Å². The number of likely N-dealkylation sites (tertiary alicyclic amines) is 1. The number of urea groups is 1. The zero-order valence-corrected chi connectivity index (χ0v) is 12.3. The number of hydrogen-bond donors (Lipinski definition) is 1. The van der Waals surface area contributed by atoms with Gasteiger partial charge in [-0.05, 0) is 6.42 Å². The van der Waals surface area contributed by atoms with Gasteiger partial charge in [0.05, 0.1) is 19.2 Å². The molecule has 20 heavy (non-hydrogen) atoms. The van der Waals surface area contributed by atoms with Gasteiger partial charge < -0.3 is 9.64 Å². The summed E-state index contributed by atoms with van der Waals surface area (Å²) in [5.74, 6) is 0.920. The van der Waals surface area contributed by atoms with Gasteiger partial charge in [-0.2, -0.15) is 18.1 Å². The van der Waals surface area contributed by atoms with Crippen molar-refractivity contribution in [2.75, 3.05) is 24.2 Å². The summed E-state index contributed by atoms with van der Waals surface area (Å²) in [5, 5.41) is 3.63. The van der Waals surface area contributed by atoms with Crippen molar-refractivity contribution in [2.45, 2.75) is 31.2 Å². The zero-order valence-electron chi connectivity index (χ0n) is 10.7. The number of ether oxygens (including phenoxy) is 1. The van der Waals surface area contributed by atoms with Gasteiger partial charge in [-0.15, -0.1) is 0 Å². The highest BCUT2D eigenvalue weighted by Gasteiger charge is 2.33. The van der Waals surface area contributed by atoms with Crippen molar-refractivity contribution in [3.8, 4) is 0 Å². The summed E-state index contributed by atoms with van der Waals surface area (Å²) in [5.41, 5.74) is 0. The molecule has 6 nitrogen and oxygen atoms in total. The molecule has 0 atom stereocenters. The maximum Gasteiger partial charge on any atom is 0.345 e. The normalized spacial score (nSPS) is 15.5. The molecular weight excluding hydrogens is 310 g/mol. The van der Waals surface area contributed by atoms with Crippen LogP contribution in [0.4, 0.5) is 18.7 Å². The predicted molar refractivity (Wildman–Crippen MR) is 72.4 cm³/mol. The third-order valence-electron chi connectivity index (χ3n) is 2.49. The average Bonchev–Trinajstić information content (AvgIpc) is 2.77. The van der Waals surface area contributed by atoms with Crippen LogP contribution in [0.15, 0.2) is 5.16 Å². The maximum atomic E-state index is 11.9. The summed E-state index contributed by atoms with van der Waals surface area (Å²) < 4.78 is 32.2. The minimum absolute atomic E-state index is 0.159. The van der Waals surface area contributed by atoms with Crippen LogP contribution in [0.3, 0.4) is 0 Å². The highest BCUT2D eigenvalue weighted by molar-refractivity contribution is 7.99. The summed E-state index contributed by atoms with van der Waals surface area (Å²) >= 11 is 2.62. The predicted octanol–water partition coefficient (Wildman–Crippen LogP) is 2.50. The van der Waals surface area contributed by atoms with Crippen LogP contribution in [0, 0.1) is 0 Å². The SMILES string of the molecule is CCCSc1nsc(NC(=O)N2CC(OC(F)F)C2)n1. The summed E-state index contributed by atoms with van der Waals surface area (Å²) in [7, 11) is 0. The lowest BCUT2D eigenvalue weighted by molar-refractivity contribution is -0.188. The molecule has 0 aliphatic carbocycles. The van der Waals surface area contributed by atoms with E-state index in [1.54, 1.807) is 0 Å². The van der Waals surface area contributed by atoms with Crippen molar-refractivity contribution in [1.29, 1.82) is 0 Å². The number of nitrogens with one attached hydrogen (secondary N) is 1. The van der Waals surface area contributed by atoms with Gasteiger partial charge in [-0.1, -0.05) is 18.7 Å². The molecule has 1 aromatic heterocycles. The summed E-state index contributed by atoms with van der Waals surface area (Å²) in [4.78, 5) is 17.3. The number of aromatic nitrogens is 2. The Kier molecular flexibility index (Phi) is 5.49. The Hall–Kier alpha value is -1.00. The fourth-order valence-electron chi connectivity index (χ4n) is 1.52. The molecular formula is C10H14F2N4O2S2. The van der Waals surface area contributed by atoms with Gasteiger partial charge in [-0.25, -0.2) is 4.79 Å². The number of halogens is 2. The lowest BCUT2D eigenvalue weighted by atomic mass is 10.2. The van der Waals surface area contributed by atoms with Crippen molar-refractivity contribution in [1.82, 2.24) is 14.3 Å². The molecule has 0 bridgehead atoms. The van der Waals surface area contributed by atoms with E-state index in [9.17, 15) is 13.6 Å². The molecule has 0 saturated carbocycles. The van der Waals surface area contributed by atoms with Crippen LogP contribution in [-0.4, -0.2) is 51.8 Å². The Balaban J connectivity index is 1.74. The molecule has 1 aromatic rings. The van der Waals surface area contributed by atoms with Crippen LogP contribution in [0.25, 0.3) is 0 Å². The molecule has 2 rings (SSSR count). The lowest BCUT2D eigenvalue weighted by Gasteiger charge is -2.38. The monoisotopic (exact) mass is 324 g/mol. The fourth-order valence-corrected chi connectivity index (χ4v) is 2.91. The lowest BCUT2D eigenvalue weighted by Crippen LogP contribution is -2.56. The first-order valence-corrected chi connectivity index (χ1v) is 7.80. The molecule has 1 aliphatic rings. The summed E-state index contributed by atoms with van der Waals surface area (Å²) in [6.07, 6.45) is 0.427. The second kappa shape index (κ2) is 7.14. The molecule has 0 unspecified atom stereocenters. The Bertz CT molecular complexity index is 454. The molecule has 0 aromatic carbocycles. The number of alkyl halides is 2. The number of anilines is 1. The molecule has 1 N–H and O–H groups in total. The van der Waals surface area contributed by atoms with E-state index in [2.05, 4.69) is 26.3 Å². The van der Waals surface area contributed by atoms with E-state index in [1.807, 2.05) is 0 Å². The van der Waals surface area contributed by atoms with Crippen molar-refractivity contribution in [2.24, 2.45) is 0 Å². The van der Waals surface area contributed by atoms with Gasteiger partial charge in [0.15, 0.2) is 0 Å².